The van der Waals surface area contributed by atoms with E-state index >= 15 is 0 Å². The molecule has 0 aromatic carbocycles. The highest BCUT2D eigenvalue weighted by molar-refractivity contribution is 5.27. The maximum absolute atomic E-state index is 12.7. The van der Waals surface area contributed by atoms with Crippen molar-refractivity contribution in [1.82, 2.24) is 9.13 Å². The third-order valence-corrected chi connectivity index (χ3v) is 4.33. The van der Waals surface area contributed by atoms with Crippen molar-refractivity contribution in [1.29, 1.82) is 0 Å². The Bertz CT molecular complexity index is 872. The van der Waals surface area contributed by atoms with E-state index in [9.17, 15) is 9.59 Å². The molecule has 4 atom stereocenters. The molecule has 2 aliphatic heterocycles. The number of nitrogens with zero attached hydrogens (tertiary/aromatic N) is 5. The Morgan fingerprint density at radius 1 is 1.33 bits per heavy atom. The molecule has 0 amide bonds. The fourth-order valence-corrected chi connectivity index (χ4v) is 3.24. The largest absolute Gasteiger partial charge is 0.359 e. The normalized spacial score (nSPS) is 28.7. The highest BCUT2D eigenvalue weighted by Crippen LogP contribution is 2.43. The quantitative estimate of drug-likeness (QED) is 0.229. The lowest BCUT2D eigenvalue weighted by Gasteiger charge is -2.25. The second-order valence-corrected chi connectivity index (χ2v) is 6.65. The Hall–Kier alpha value is -2.21. The first-order chi connectivity index (χ1) is 12.8. The molecule has 2 saturated heterocycles. The highest BCUT2D eigenvalue weighted by atomic mass is 16.8. The van der Waals surface area contributed by atoms with Gasteiger partial charge >= 0.3 is 5.69 Å². The minimum absolute atomic E-state index is 0.0654. The van der Waals surface area contributed by atoms with E-state index in [2.05, 4.69) is 10.0 Å². The van der Waals surface area contributed by atoms with Crippen molar-refractivity contribution in [2.45, 2.75) is 44.2 Å². The van der Waals surface area contributed by atoms with Gasteiger partial charge in [0.25, 0.3) is 5.56 Å². The first kappa shape index (κ1) is 19.5. The number of azide groups is 1. The van der Waals surface area contributed by atoms with Gasteiger partial charge in [-0.25, -0.2) is 4.79 Å². The molecular weight excluding hydrogens is 362 g/mol. The summed E-state index contributed by atoms with van der Waals surface area (Å²) in [5.74, 6) is -1.07. The van der Waals surface area contributed by atoms with E-state index in [0.717, 1.165) is 15.2 Å². The van der Waals surface area contributed by atoms with Gasteiger partial charge in [-0.15, -0.1) is 0 Å². The number of hydrogen-bond acceptors (Lipinski definition) is 8. The zero-order valence-corrected chi connectivity index (χ0v) is 15.4. The van der Waals surface area contributed by atoms with Gasteiger partial charge in [0, 0.05) is 25.1 Å². The molecule has 0 spiro atoms. The average Bonchev–Trinajstić information content (AvgIpc) is 3.08. The summed E-state index contributed by atoms with van der Waals surface area (Å²) >= 11 is 0. The van der Waals surface area contributed by atoms with Crippen LogP contribution in [0.25, 0.3) is 10.4 Å². The van der Waals surface area contributed by atoms with E-state index < -0.39 is 41.6 Å². The van der Waals surface area contributed by atoms with Crippen LogP contribution in [-0.2, 0) is 30.7 Å². The molecule has 12 nitrogen and oxygen atoms in total. The lowest BCUT2D eigenvalue weighted by atomic mass is 10.1. The summed E-state index contributed by atoms with van der Waals surface area (Å²) < 4.78 is 30.0. The summed E-state index contributed by atoms with van der Waals surface area (Å²) in [6.45, 7) is 3.69. The van der Waals surface area contributed by atoms with Crippen molar-refractivity contribution in [3.8, 4) is 0 Å². The first-order valence-electron chi connectivity index (χ1n) is 8.24. The lowest BCUT2D eigenvalue weighted by Crippen LogP contribution is -2.42. The third kappa shape index (κ3) is 3.63. The average molecular weight is 383 g/mol. The van der Waals surface area contributed by atoms with Gasteiger partial charge in [0.1, 0.15) is 30.9 Å². The first-order valence-corrected chi connectivity index (χ1v) is 8.24. The molecule has 3 rings (SSSR count). The Balaban J connectivity index is 2.03. The van der Waals surface area contributed by atoms with Crippen molar-refractivity contribution in [3.63, 3.8) is 0 Å². The van der Waals surface area contributed by atoms with Crippen LogP contribution in [0, 0.1) is 0 Å². The second kappa shape index (κ2) is 7.43. The van der Waals surface area contributed by atoms with Crippen molar-refractivity contribution in [3.05, 3.63) is 37.3 Å². The van der Waals surface area contributed by atoms with Crippen molar-refractivity contribution in [2.24, 2.45) is 12.2 Å². The molecule has 0 bridgehead atoms. The monoisotopic (exact) mass is 383 g/mol. The molecule has 2 aliphatic rings. The number of aromatic nitrogens is 2. The van der Waals surface area contributed by atoms with Crippen LogP contribution in [0.1, 0.15) is 20.1 Å². The standard InChI is InChI=1S/C15H21N5O7/c1-15(2)26-11-8(6-24-7-23-4)25-13(12(11)27-15)20-9(17-18-16)5-10(21)19(3)14(20)22/h5,8,11-13H,6-7H2,1-4H3/t8-,11-,12-,13-/m1/s1. The zero-order valence-electron chi connectivity index (χ0n) is 15.4. The van der Waals surface area contributed by atoms with Crippen LogP contribution in [0.2, 0.25) is 0 Å². The Morgan fingerprint density at radius 3 is 2.70 bits per heavy atom. The zero-order chi connectivity index (χ0) is 19.8. The summed E-state index contributed by atoms with van der Waals surface area (Å²) in [7, 11) is 2.82. The summed E-state index contributed by atoms with van der Waals surface area (Å²) in [4.78, 5) is 27.3. The van der Waals surface area contributed by atoms with Crippen LogP contribution >= 0.6 is 0 Å². The van der Waals surface area contributed by atoms with Gasteiger partial charge in [-0.3, -0.25) is 13.9 Å². The topological polar surface area (TPSA) is 139 Å². The van der Waals surface area contributed by atoms with Crippen LogP contribution in [0.4, 0.5) is 5.82 Å². The predicted octanol–water partition coefficient (Wildman–Crippen LogP) is 0.527. The molecular formula is C15H21N5O7. The van der Waals surface area contributed by atoms with Crippen molar-refractivity contribution in [2.75, 3.05) is 20.5 Å². The van der Waals surface area contributed by atoms with Crippen molar-refractivity contribution >= 4 is 5.82 Å². The number of hydrogen-bond donors (Lipinski definition) is 0. The lowest BCUT2D eigenvalue weighted by molar-refractivity contribution is -0.205. The van der Waals surface area contributed by atoms with Crippen LogP contribution in [0.5, 0.6) is 0 Å². The predicted molar refractivity (Wildman–Crippen MR) is 90.3 cm³/mol. The van der Waals surface area contributed by atoms with Gasteiger partial charge in [0.2, 0.25) is 0 Å². The van der Waals surface area contributed by atoms with E-state index in [4.69, 9.17) is 29.2 Å². The smallest absolute Gasteiger partial charge is 0.333 e. The maximum atomic E-state index is 12.7. The number of rotatable bonds is 6. The molecule has 0 radical (unpaired) electrons. The molecule has 148 valence electrons. The number of methoxy groups -OCH3 is 1. The summed E-state index contributed by atoms with van der Waals surface area (Å²) in [6, 6.07) is 1.06. The van der Waals surface area contributed by atoms with Crippen LogP contribution in [0.3, 0.4) is 0 Å². The van der Waals surface area contributed by atoms with Crippen LogP contribution in [0.15, 0.2) is 20.8 Å². The molecule has 1 aromatic heterocycles. The minimum atomic E-state index is -0.965. The molecule has 0 aliphatic carbocycles. The van der Waals surface area contributed by atoms with Crippen LogP contribution < -0.4 is 11.2 Å². The van der Waals surface area contributed by atoms with Crippen molar-refractivity contribution < 1.29 is 23.7 Å². The van der Waals surface area contributed by atoms with Gasteiger partial charge in [0.05, 0.1) is 6.61 Å². The Labute approximate surface area is 153 Å². The van der Waals surface area contributed by atoms with Gasteiger partial charge in [-0.2, -0.15) is 0 Å². The Kier molecular flexibility index (Phi) is 5.38. The fraction of sp³-hybridized carbons (Fsp3) is 0.733. The van der Waals surface area contributed by atoms with E-state index in [1.54, 1.807) is 13.8 Å². The summed E-state index contributed by atoms with van der Waals surface area (Å²) in [5, 5.41) is 3.47. The second-order valence-electron chi connectivity index (χ2n) is 6.65. The number of fused-ring (bicyclic) bond motifs is 1. The molecule has 2 fully saturated rings. The third-order valence-electron chi connectivity index (χ3n) is 4.33. The maximum Gasteiger partial charge on any atom is 0.333 e. The molecule has 1 aromatic rings. The number of ether oxygens (including phenoxy) is 5. The van der Waals surface area contributed by atoms with E-state index in [1.807, 2.05) is 0 Å². The van der Waals surface area contributed by atoms with Crippen LogP contribution in [-0.4, -0.2) is 53.7 Å². The van der Waals surface area contributed by atoms with E-state index in [1.165, 1.54) is 14.2 Å². The molecule has 0 saturated carbocycles. The molecule has 0 unspecified atom stereocenters. The van der Waals surface area contributed by atoms with E-state index in [0.29, 0.717) is 0 Å². The van der Waals surface area contributed by atoms with Gasteiger partial charge in [-0.05, 0) is 24.5 Å². The molecule has 0 N–H and O–H groups in total. The van der Waals surface area contributed by atoms with Gasteiger partial charge in [-0.1, -0.05) is 0 Å². The highest BCUT2D eigenvalue weighted by Gasteiger charge is 2.56. The van der Waals surface area contributed by atoms with Gasteiger partial charge in [0.15, 0.2) is 12.0 Å². The molecule has 3 heterocycles. The van der Waals surface area contributed by atoms with E-state index in [-0.39, 0.29) is 19.2 Å². The molecule has 27 heavy (non-hydrogen) atoms. The van der Waals surface area contributed by atoms with Gasteiger partial charge < -0.3 is 23.7 Å². The SMILES string of the molecule is COCOC[C@H]1O[C@@H](n2c(N=[N+]=[N-])cc(=O)n(C)c2=O)[C@@H]2OC(C)(C)O[C@@H]21. The summed E-state index contributed by atoms with van der Waals surface area (Å²) in [5.41, 5.74) is 7.51. The Morgan fingerprint density at radius 2 is 2.04 bits per heavy atom. The minimum Gasteiger partial charge on any atom is -0.359 e. The summed E-state index contributed by atoms with van der Waals surface area (Å²) in [6.07, 6.45) is -2.71. The fourth-order valence-electron chi connectivity index (χ4n) is 3.24. The molecule has 12 heteroatoms.